The van der Waals surface area contributed by atoms with Crippen LogP contribution in [0.2, 0.25) is 0 Å². The Hall–Kier alpha value is -0.990. The summed E-state index contributed by atoms with van der Waals surface area (Å²) in [6.07, 6.45) is 0.595. The van der Waals surface area contributed by atoms with E-state index in [0.29, 0.717) is 6.42 Å². The molecule has 0 heterocycles. The van der Waals surface area contributed by atoms with E-state index in [4.69, 9.17) is 0 Å². The van der Waals surface area contributed by atoms with Crippen LogP contribution in [0, 0.1) is 5.92 Å². The Balaban J connectivity index is 3.17. The van der Waals surface area contributed by atoms with Gasteiger partial charge in [0.15, 0.2) is 0 Å². The van der Waals surface area contributed by atoms with Crippen molar-refractivity contribution in [1.29, 1.82) is 0 Å². The Labute approximate surface area is 119 Å². The second-order valence-corrected chi connectivity index (χ2v) is 7.85. The van der Waals surface area contributed by atoms with Gasteiger partial charge in [-0.05, 0) is 30.5 Å². The minimum absolute atomic E-state index is 0.0860. The van der Waals surface area contributed by atoms with Crippen molar-refractivity contribution in [1.82, 2.24) is 4.72 Å². The molecule has 114 valence electrons. The quantitative estimate of drug-likeness (QED) is 0.813. The second-order valence-electron chi connectivity index (χ2n) is 4.79. The zero-order chi connectivity index (χ0) is 15.6. The Morgan fingerprint density at radius 3 is 2.15 bits per heavy atom. The normalized spacial score (nSPS) is 14.4. The number of nitrogens with one attached hydrogen (secondary N) is 1. The fraction of sp³-hybridized carbons (Fsp3) is 0.500. The Morgan fingerprint density at radius 1 is 1.15 bits per heavy atom. The van der Waals surface area contributed by atoms with Crippen LogP contribution < -0.4 is 4.72 Å². The maximum atomic E-state index is 12.9. The van der Waals surface area contributed by atoms with Gasteiger partial charge in [-0.1, -0.05) is 26.8 Å². The van der Waals surface area contributed by atoms with Gasteiger partial charge >= 0.3 is 10.2 Å². The molecule has 1 atom stereocenters. The molecule has 8 heteroatoms. The number of benzene rings is 1. The number of sulfonamides is 1. The third-order valence-corrected chi connectivity index (χ3v) is 5.25. The first-order valence-electron chi connectivity index (χ1n) is 6.15. The van der Waals surface area contributed by atoms with E-state index in [-0.39, 0.29) is 16.9 Å². The molecule has 1 unspecified atom stereocenters. The predicted octanol–water partition coefficient (Wildman–Crippen LogP) is 2.06. The lowest BCUT2D eigenvalue weighted by Crippen LogP contribution is -2.37. The minimum atomic E-state index is -4.93. The van der Waals surface area contributed by atoms with Gasteiger partial charge in [0.25, 0.3) is 0 Å². The van der Waals surface area contributed by atoms with Crippen molar-refractivity contribution in [2.24, 2.45) is 5.92 Å². The van der Waals surface area contributed by atoms with E-state index in [1.807, 2.05) is 20.8 Å². The molecule has 0 spiro atoms. The zero-order valence-corrected chi connectivity index (χ0v) is 13.1. The van der Waals surface area contributed by atoms with Crippen LogP contribution in [0.1, 0.15) is 27.2 Å². The van der Waals surface area contributed by atoms with E-state index in [2.05, 4.69) is 4.72 Å². The van der Waals surface area contributed by atoms with Crippen LogP contribution in [0.25, 0.3) is 0 Å². The lowest BCUT2D eigenvalue weighted by Gasteiger charge is -2.20. The van der Waals surface area contributed by atoms with Crippen LogP contribution in [-0.2, 0) is 20.2 Å². The van der Waals surface area contributed by atoms with Gasteiger partial charge in [-0.25, -0.2) is 13.1 Å². The molecule has 0 aromatic heterocycles. The molecule has 20 heavy (non-hydrogen) atoms. The maximum absolute atomic E-state index is 12.9. The monoisotopic (exact) mass is 323 g/mol. The van der Waals surface area contributed by atoms with Gasteiger partial charge in [0.2, 0.25) is 10.0 Å². The summed E-state index contributed by atoms with van der Waals surface area (Å²) in [6.45, 7) is 5.59. The summed E-state index contributed by atoms with van der Waals surface area (Å²) < 4.78 is 61.3. The number of hydrogen-bond donors (Lipinski definition) is 1. The molecule has 1 N–H and O–H groups in total. The van der Waals surface area contributed by atoms with Gasteiger partial charge in [-0.15, -0.1) is 3.89 Å². The Bertz CT molecular complexity index is 668. The Kier molecular flexibility index (Phi) is 5.28. The van der Waals surface area contributed by atoms with E-state index in [0.717, 1.165) is 12.1 Å². The summed E-state index contributed by atoms with van der Waals surface area (Å²) in [7, 11) is -8.81. The molecule has 0 radical (unpaired) electrons. The summed E-state index contributed by atoms with van der Waals surface area (Å²) in [4.78, 5) is -0.937. The van der Waals surface area contributed by atoms with Crippen molar-refractivity contribution in [3.63, 3.8) is 0 Å². The largest absolute Gasteiger partial charge is 0.332 e. The van der Waals surface area contributed by atoms with Crippen LogP contribution in [0.3, 0.4) is 0 Å². The SMILES string of the molecule is CCC(NS(=O)(=O)c1cccc(S(=O)(=O)F)c1)C(C)C. The molecule has 0 saturated heterocycles. The highest BCUT2D eigenvalue weighted by atomic mass is 32.3. The summed E-state index contributed by atoms with van der Waals surface area (Å²) >= 11 is 0. The predicted molar refractivity (Wildman–Crippen MR) is 74.0 cm³/mol. The highest BCUT2D eigenvalue weighted by Crippen LogP contribution is 2.19. The first-order valence-corrected chi connectivity index (χ1v) is 9.01. The number of hydrogen-bond acceptors (Lipinski definition) is 4. The van der Waals surface area contributed by atoms with Gasteiger partial charge in [-0.2, -0.15) is 8.42 Å². The summed E-state index contributed by atoms with van der Waals surface area (Å²) in [5, 5.41) is 0. The Morgan fingerprint density at radius 2 is 1.70 bits per heavy atom. The van der Waals surface area contributed by atoms with Gasteiger partial charge in [0.05, 0.1) is 9.79 Å². The molecule has 0 saturated carbocycles. The average Bonchev–Trinajstić information content (AvgIpc) is 2.35. The fourth-order valence-corrected chi connectivity index (χ4v) is 3.85. The molecular weight excluding hydrogens is 305 g/mol. The van der Waals surface area contributed by atoms with Crippen molar-refractivity contribution in [3.8, 4) is 0 Å². The fourth-order valence-electron chi connectivity index (χ4n) is 1.75. The van der Waals surface area contributed by atoms with Crippen molar-refractivity contribution in [3.05, 3.63) is 24.3 Å². The molecule has 5 nitrogen and oxygen atoms in total. The minimum Gasteiger partial charge on any atom is -0.208 e. The van der Waals surface area contributed by atoms with Gasteiger partial charge in [-0.3, -0.25) is 0 Å². The molecule has 0 aliphatic heterocycles. The third kappa shape index (κ3) is 4.26. The lowest BCUT2D eigenvalue weighted by atomic mass is 10.0. The van der Waals surface area contributed by atoms with Crippen LogP contribution in [0.5, 0.6) is 0 Å². The number of rotatable bonds is 6. The second kappa shape index (κ2) is 6.19. The first kappa shape index (κ1) is 17.1. The van der Waals surface area contributed by atoms with Crippen LogP contribution in [0.4, 0.5) is 3.89 Å². The van der Waals surface area contributed by atoms with E-state index >= 15 is 0 Å². The van der Waals surface area contributed by atoms with Crippen LogP contribution >= 0.6 is 0 Å². The molecule has 0 amide bonds. The van der Waals surface area contributed by atoms with Crippen molar-refractivity contribution in [2.75, 3.05) is 0 Å². The van der Waals surface area contributed by atoms with Crippen molar-refractivity contribution < 1.29 is 20.7 Å². The highest BCUT2D eigenvalue weighted by molar-refractivity contribution is 7.89. The van der Waals surface area contributed by atoms with Gasteiger partial charge < -0.3 is 0 Å². The molecule has 1 aromatic carbocycles. The third-order valence-electron chi connectivity index (χ3n) is 2.95. The van der Waals surface area contributed by atoms with E-state index < -0.39 is 25.1 Å². The van der Waals surface area contributed by atoms with Crippen LogP contribution in [-0.4, -0.2) is 22.9 Å². The summed E-state index contributed by atoms with van der Waals surface area (Å²) in [6, 6.07) is 3.96. The lowest BCUT2D eigenvalue weighted by molar-refractivity contribution is 0.437. The van der Waals surface area contributed by atoms with Crippen molar-refractivity contribution >= 4 is 20.2 Å². The molecular formula is C12H18FNO4S2. The van der Waals surface area contributed by atoms with E-state index in [1.54, 1.807) is 0 Å². The molecule has 0 fully saturated rings. The van der Waals surface area contributed by atoms with Crippen LogP contribution in [0.15, 0.2) is 34.1 Å². The molecule has 0 aliphatic carbocycles. The summed E-state index contributed by atoms with van der Waals surface area (Å²) in [5.74, 6) is 0.0860. The summed E-state index contributed by atoms with van der Waals surface area (Å²) in [5.41, 5.74) is 0. The first-order chi connectivity index (χ1) is 9.08. The molecule has 1 aromatic rings. The van der Waals surface area contributed by atoms with E-state index in [9.17, 15) is 20.7 Å². The average molecular weight is 323 g/mol. The maximum Gasteiger partial charge on any atom is 0.332 e. The van der Waals surface area contributed by atoms with Gasteiger partial charge in [0, 0.05) is 6.04 Å². The van der Waals surface area contributed by atoms with Gasteiger partial charge in [0.1, 0.15) is 0 Å². The number of halogens is 1. The standard InChI is InChI=1S/C12H18FNO4S2/c1-4-12(9(2)3)14-20(17,18)11-7-5-6-10(8-11)19(13,15)16/h5-9,12,14H,4H2,1-3H3. The molecule has 1 rings (SSSR count). The van der Waals surface area contributed by atoms with Crippen molar-refractivity contribution in [2.45, 2.75) is 43.0 Å². The molecule has 0 aliphatic rings. The zero-order valence-electron chi connectivity index (χ0n) is 11.5. The smallest absolute Gasteiger partial charge is 0.208 e. The highest BCUT2D eigenvalue weighted by Gasteiger charge is 2.23. The molecule has 0 bridgehead atoms. The topological polar surface area (TPSA) is 80.3 Å². The van der Waals surface area contributed by atoms with E-state index in [1.165, 1.54) is 12.1 Å².